The van der Waals surface area contributed by atoms with Crippen LogP contribution in [0.5, 0.6) is 5.75 Å². The number of nitrogens with two attached hydrogens (primary N) is 1. The Kier molecular flexibility index (Phi) is 5.41. The first-order valence-electron chi connectivity index (χ1n) is 9.78. The Labute approximate surface area is 178 Å². The van der Waals surface area contributed by atoms with Gasteiger partial charge in [0.1, 0.15) is 29.8 Å². The van der Waals surface area contributed by atoms with Gasteiger partial charge in [0.05, 0.1) is 10.8 Å². The van der Waals surface area contributed by atoms with E-state index in [-0.39, 0.29) is 29.5 Å². The van der Waals surface area contributed by atoms with Crippen molar-refractivity contribution in [3.8, 4) is 11.8 Å². The Morgan fingerprint density at radius 3 is 2.71 bits per heavy atom. The number of nitro benzene ring substituents is 1. The summed E-state index contributed by atoms with van der Waals surface area (Å²) in [7, 11) is 0. The molecule has 1 heterocycles. The predicted molar refractivity (Wildman–Crippen MR) is 110 cm³/mol. The molecule has 8 heteroatoms. The van der Waals surface area contributed by atoms with E-state index in [1.54, 1.807) is 36.4 Å². The number of nitrogens with zero attached hydrogens (tertiary/aromatic N) is 2. The SMILES string of the molecule is N#CC1=C(N)OC2=C(C(=O)CCC2)C1c1ccc(OCc2cccc([N+](=O)[O-])c2)cc1. The molecule has 1 aliphatic heterocycles. The van der Waals surface area contributed by atoms with E-state index < -0.39 is 10.8 Å². The van der Waals surface area contributed by atoms with E-state index in [2.05, 4.69) is 6.07 Å². The second-order valence-electron chi connectivity index (χ2n) is 7.32. The number of carbonyl (C=O) groups excluding carboxylic acids is 1. The second kappa shape index (κ2) is 8.32. The second-order valence-corrected chi connectivity index (χ2v) is 7.32. The van der Waals surface area contributed by atoms with E-state index in [0.29, 0.717) is 41.9 Å². The molecule has 1 aliphatic carbocycles. The van der Waals surface area contributed by atoms with Crippen molar-refractivity contribution in [1.29, 1.82) is 5.26 Å². The average Bonchev–Trinajstić information content (AvgIpc) is 2.77. The maximum Gasteiger partial charge on any atom is 0.269 e. The molecule has 0 radical (unpaired) electrons. The highest BCUT2D eigenvalue weighted by Crippen LogP contribution is 2.43. The number of nitriles is 1. The number of non-ortho nitro benzene ring substituents is 1. The van der Waals surface area contributed by atoms with Crippen molar-refractivity contribution in [3.63, 3.8) is 0 Å². The molecule has 156 valence electrons. The van der Waals surface area contributed by atoms with Crippen LogP contribution < -0.4 is 10.5 Å². The van der Waals surface area contributed by atoms with Crippen LogP contribution in [0.15, 0.2) is 71.3 Å². The Bertz CT molecular complexity index is 1160. The predicted octanol–water partition coefficient (Wildman–Crippen LogP) is 3.99. The number of carbonyl (C=O) groups is 1. The van der Waals surface area contributed by atoms with Gasteiger partial charge in [-0.25, -0.2) is 0 Å². The number of hydrogen-bond acceptors (Lipinski definition) is 7. The number of ketones is 1. The zero-order valence-electron chi connectivity index (χ0n) is 16.5. The Morgan fingerprint density at radius 2 is 2.00 bits per heavy atom. The van der Waals surface area contributed by atoms with Gasteiger partial charge in [0, 0.05) is 30.5 Å². The van der Waals surface area contributed by atoms with Crippen molar-refractivity contribution in [1.82, 2.24) is 0 Å². The third kappa shape index (κ3) is 3.98. The summed E-state index contributed by atoms with van der Waals surface area (Å²) in [5, 5.41) is 20.5. The minimum absolute atomic E-state index is 0.00519. The normalized spacial score (nSPS) is 18.2. The maximum absolute atomic E-state index is 12.6. The standard InChI is InChI=1S/C23H19N3O5/c24-12-18-21(22-19(27)5-2-6-20(22)31-23(18)25)15-7-9-17(10-8-15)30-13-14-3-1-4-16(11-14)26(28)29/h1,3-4,7-11,21H,2,5-6,13,25H2. The molecule has 0 saturated heterocycles. The molecule has 0 bridgehead atoms. The van der Waals surface area contributed by atoms with Gasteiger partial charge in [0.25, 0.3) is 5.69 Å². The van der Waals surface area contributed by atoms with Gasteiger partial charge in [-0.3, -0.25) is 14.9 Å². The van der Waals surface area contributed by atoms with E-state index >= 15 is 0 Å². The summed E-state index contributed by atoms with van der Waals surface area (Å²) < 4.78 is 11.3. The van der Waals surface area contributed by atoms with Gasteiger partial charge in [0.2, 0.25) is 5.88 Å². The highest BCUT2D eigenvalue weighted by atomic mass is 16.6. The molecular formula is C23H19N3O5. The molecule has 4 rings (SSSR count). The van der Waals surface area contributed by atoms with Crippen molar-refractivity contribution in [2.24, 2.45) is 5.73 Å². The molecule has 1 unspecified atom stereocenters. The minimum Gasteiger partial charge on any atom is -0.489 e. The van der Waals surface area contributed by atoms with Gasteiger partial charge < -0.3 is 15.2 Å². The molecule has 0 spiro atoms. The monoisotopic (exact) mass is 417 g/mol. The summed E-state index contributed by atoms with van der Waals surface area (Å²) in [6.07, 6.45) is 1.73. The molecule has 0 amide bonds. The number of Topliss-reactive ketones (excluding diaryl/α,β-unsaturated/α-hetero) is 1. The number of allylic oxidation sites excluding steroid dienone is 3. The molecule has 1 atom stereocenters. The number of rotatable bonds is 5. The summed E-state index contributed by atoms with van der Waals surface area (Å²) in [5.74, 6) is 0.544. The fourth-order valence-electron chi connectivity index (χ4n) is 3.87. The maximum atomic E-state index is 12.6. The first kappa shape index (κ1) is 20.2. The quantitative estimate of drug-likeness (QED) is 0.575. The van der Waals surface area contributed by atoms with Gasteiger partial charge >= 0.3 is 0 Å². The summed E-state index contributed by atoms with van der Waals surface area (Å²) in [6, 6.07) is 15.4. The molecule has 0 saturated carbocycles. The van der Waals surface area contributed by atoms with Crippen molar-refractivity contribution in [2.75, 3.05) is 0 Å². The van der Waals surface area contributed by atoms with E-state index in [0.717, 1.165) is 5.56 Å². The summed E-state index contributed by atoms with van der Waals surface area (Å²) in [4.78, 5) is 23.1. The Morgan fingerprint density at radius 1 is 1.23 bits per heavy atom. The van der Waals surface area contributed by atoms with Gasteiger partial charge in [-0.05, 0) is 29.7 Å². The van der Waals surface area contributed by atoms with Crippen LogP contribution in [0.3, 0.4) is 0 Å². The van der Waals surface area contributed by atoms with Crippen LogP contribution in [-0.2, 0) is 16.1 Å². The van der Waals surface area contributed by atoms with Gasteiger partial charge in [-0.15, -0.1) is 0 Å². The fourth-order valence-corrected chi connectivity index (χ4v) is 3.87. The van der Waals surface area contributed by atoms with Crippen LogP contribution in [0.25, 0.3) is 0 Å². The molecule has 2 aromatic carbocycles. The lowest BCUT2D eigenvalue weighted by Crippen LogP contribution is -2.27. The van der Waals surface area contributed by atoms with Crippen LogP contribution in [0, 0.1) is 21.4 Å². The lowest BCUT2D eigenvalue weighted by molar-refractivity contribution is -0.384. The van der Waals surface area contributed by atoms with Crippen LogP contribution in [-0.4, -0.2) is 10.7 Å². The zero-order chi connectivity index (χ0) is 22.0. The van der Waals surface area contributed by atoms with E-state index in [9.17, 15) is 20.2 Å². The Balaban J connectivity index is 1.56. The molecule has 2 N–H and O–H groups in total. The average molecular weight is 417 g/mol. The minimum atomic E-state index is -0.563. The van der Waals surface area contributed by atoms with Crippen molar-refractivity contribution < 1.29 is 19.2 Å². The van der Waals surface area contributed by atoms with Crippen LogP contribution >= 0.6 is 0 Å². The third-order valence-corrected chi connectivity index (χ3v) is 5.35. The first-order valence-corrected chi connectivity index (χ1v) is 9.78. The lowest BCUT2D eigenvalue weighted by Gasteiger charge is -2.31. The summed E-state index contributed by atoms with van der Waals surface area (Å²) in [6.45, 7) is 0.169. The van der Waals surface area contributed by atoms with Gasteiger partial charge in [-0.1, -0.05) is 24.3 Å². The van der Waals surface area contributed by atoms with Crippen molar-refractivity contribution in [3.05, 3.63) is 92.6 Å². The highest BCUT2D eigenvalue weighted by Gasteiger charge is 2.37. The van der Waals surface area contributed by atoms with Crippen LogP contribution in [0.2, 0.25) is 0 Å². The number of nitro groups is 1. The van der Waals surface area contributed by atoms with E-state index in [1.807, 2.05) is 0 Å². The summed E-state index contributed by atoms with van der Waals surface area (Å²) in [5.41, 5.74) is 8.11. The number of ether oxygens (including phenoxy) is 2. The molecule has 2 aromatic rings. The van der Waals surface area contributed by atoms with Crippen LogP contribution in [0.1, 0.15) is 36.3 Å². The number of hydrogen-bond donors (Lipinski definition) is 1. The molecule has 0 aromatic heterocycles. The smallest absolute Gasteiger partial charge is 0.269 e. The summed E-state index contributed by atoms with van der Waals surface area (Å²) >= 11 is 0. The van der Waals surface area contributed by atoms with Crippen molar-refractivity contribution >= 4 is 11.5 Å². The zero-order valence-corrected chi connectivity index (χ0v) is 16.5. The largest absolute Gasteiger partial charge is 0.489 e. The first-order chi connectivity index (χ1) is 15.0. The molecule has 2 aliphatic rings. The van der Waals surface area contributed by atoms with E-state index in [1.165, 1.54) is 12.1 Å². The molecule has 8 nitrogen and oxygen atoms in total. The molecular weight excluding hydrogens is 398 g/mol. The molecule has 31 heavy (non-hydrogen) atoms. The van der Waals surface area contributed by atoms with Crippen molar-refractivity contribution in [2.45, 2.75) is 31.8 Å². The van der Waals surface area contributed by atoms with Crippen LogP contribution in [0.4, 0.5) is 5.69 Å². The Hall–Kier alpha value is -4.12. The number of benzene rings is 2. The van der Waals surface area contributed by atoms with Gasteiger partial charge in [-0.2, -0.15) is 5.26 Å². The lowest BCUT2D eigenvalue weighted by atomic mass is 9.77. The van der Waals surface area contributed by atoms with E-state index in [4.69, 9.17) is 15.2 Å². The fraction of sp³-hybridized carbons (Fsp3) is 0.217. The van der Waals surface area contributed by atoms with Gasteiger partial charge in [0.15, 0.2) is 5.78 Å². The highest BCUT2D eigenvalue weighted by molar-refractivity contribution is 5.99. The topological polar surface area (TPSA) is 128 Å². The third-order valence-electron chi connectivity index (χ3n) is 5.35. The molecule has 0 fully saturated rings.